The van der Waals surface area contributed by atoms with Gasteiger partial charge >= 0.3 is 0 Å². The topological polar surface area (TPSA) is 26.0 Å². The van der Waals surface area contributed by atoms with Crippen molar-refractivity contribution in [2.45, 2.75) is 12.3 Å². The quantitative estimate of drug-likeness (QED) is 0.901. The molecule has 1 nitrogen and oxygen atoms in total. The number of nitrogens with two attached hydrogens (primary N) is 1. The van der Waals surface area contributed by atoms with Gasteiger partial charge in [0.25, 0.3) is 0 Å². The summed E-state index contributed by atoms with van der Waals surface area (Å²) in [4.78, 5) is 0. The average Bonchev–Trinajstić information content (AvgIpc) is 2.39. The summed E-state index contributed by atoms with van der Waals surface area (Å²) >= 11 is 0. The minimum Gasteiger partial charge on any atom is -0.330 e. The van der Waals surface area contributed by atoms with Crippen LogP contribution < -0.4 is 5.73 Å². The molecule has 0 aliphatic heterocycles. The van der Waals surface area contributed by atoms with Gasteiger partial charge in [-0.2, -0.15) is 0 Å². The van der Waals surface area contributed by atoms with E-state index >= 15 is 0 Å². The second-order valence-electron chi connectivity index (χ2n) is 4.42. The predicted molar refractivity (Wildman–Crippen MR) is 68.3 cm³/mol. The molecule has 2 rings (SSSR count). The predicted octanol–water partition coefficient (Wildman–Crippen LogP) is 3.39. The zero-order chi connectivity index (χ0) is 13.8. The van der Waals surface area contributed by atoms with E-state index in [1.807, 2.05) is 0 Å². The molecular formula is C15H14F3N. The highest BCUT2D eigenvalue weighted by atomic mass is 19.1. The smallest absolute Gasteiger partial charge is 0.129 e. The molecule has 0 amide bonds. The summed E-state index contributed by atoms with van der Waals surface area (Å²) in [5.74, 6) is -1.64. The number of hydrogen-bond acceptors (Lipinski definition) is 1. The van der Waals surface area contributed by atoms with Crippen LogP contribution in [0.15, 0.2) is 42.5 Å². The maximum Gasteiger partial charge on any atom is 0.129 e. The van der Waals surface area contributed by atoms with Gasteiger partial charge in [0.2, 0.25) is 0 Å². The Bertz CT molecular complexity index is 552. The third-order valence-electron chi connectivity index (χ3n) is 3.11. The molecule has 2 aromatic carbocycles. The van der Waals surface area contributed by atoms with E-state index in [4.69, 9.17) is 5.73 Å². The van der Waals surface area contributed by atoms with Gasteiger partial charge in [0, 0.05) is 12.0 Å². The number of halogens is 3. The standard InChI is InChI=1S/C15H14F3N/c16-13-4-1-10(2-5-13)12(9-19)7-11-3-6-14(17)8-15(11)18/h1-6,8,12H,7,9,19H2. The van der Waals surface area contributed by atoms with Gasteiger partial charge in [0.1, 0.15) is 17.5 Å². The lowest BCUT2D eigenvalue weighted by Crippen LogP contribution is -2.15. The monoisotopic (exact) mass is 265 g/mol. The molecule has 0 aliphatic rings. The SMILES string of the molecule is NCC(Cc1ccc(F)cc1F)c1ccc(F)cc1. The molecule has 0 aromatic heterocycles. The highest BCUT2D eigenvalue weighted by Crippen LogP contribution is 2.22. The highest BCUT2D eigenvalue weighted by molar-refractivity contribution is 5.26. The largest absolute Gasteiger partial charge is 0.330 e. The van der Waals surface area contributed by atoms with Crippen LogP contribution in [-0.4, -0.2) is 6.54 Å². The maximum absolute atomic E-state index is 13.6. The summed E-state index contributed by atoms with van der Waals surface area (Å²) in [5.41, 5.74) is 6.92. The molecular weight excluding hydrogens is 251 g/mol. The van der Waals surface area contributed by atoms with Gasteiger partial charge < -0.3 is 5.73 Å². The van der Waals surface area contributed by atoms with E-state index in [0.717, 1.165) is 11.6 Å². The van der Waals surface area contributed by atoms with Crippen molar-refractivity contribution in [1.29, 1.82) is 0 Å². The van der Waals surface area contributed by atoms with Gasteiger partial charge in [0.15, 0.2) is 0 Å². The zero-order valence-corrected chi connectivity index (χ0v) is 10.2. The summed E-state index contributed by atoms with van der Waals surface area (Å²) in [6, 6.07) is 9.45. The summed E-state index contributed by atoms with van der Waals surface area (Å²) in [6.45, 7) is 0.308. The molecule has 1 unspecified atom stereocenters. The third-order valence-corrected chi connectivity index (χ3v) is 3.11. The van der Waals surface area contributed by atoms with Crippen molar-refractivity contribution in [3.05, 3.63) is 71.0 Å². The first-order valence-corrected chi connectivity index (χ1v) is 5.99. The Morgan fingerprint density at radius 3 is 2.11 bits per heavy atom. The van der Waals surface area contributed by atoms with Gasteiger partial charge in [-0.3, -0.25) is 0 Å². The zero-order valence-electron chi connectivity index (χ0n) is 10.2. The number of benzene rings is 2. The van der Waals surface area contributed by atoms with E-state index in [0.29, 0.717) is 18.5 Å². The van der Waals surface area contributed by atoms with E-state index in [2.05, 4.69) is 0 Å². The van der Waals surface area contributed by atoms with E-state index < -0.39 is 11.6 Å². The summed E-state index contributed by atoms with van der Waals surface area (Å²) in [6.07, 6.45) is 0.355. The molecule has 0 radical (unpaired) electrons. The summed E-state index contributed by atoms with van der Waals surface area (Å²) < 4.78 is 39.3. The molecule has 0 saturated carbocycles. The van der Waals surface area contributed by atoms with Gasteiger partial charge in [0.05, 0.1) is 0 Å². The van der Waals surface area contributed by atoms with Crippen LogP contribution in [0.5, 0.6) is 0 Å². The van der Waals surface area contributed by atoms with Crippen LogP contribution in [0.1, 0.15) is 17.0 Å². The lowest BCUT2D eigenvalue weighted by molar-refractivity contribution is 0.561. The first kappa shape index (κ1) is 13.6. The van der Waals surface area contributed by atoms with Crippen LogP contribution in [0.4, 0.5) is 13.2 Å². The second kappa shape index (κ2) is 5.89. The van der Waals surface area contributed by atoms with Crippen LogP contribution in [0.25, 0.3) is 0 Å². The number of rotatable bonds is 4. The summed E-state index contributed by atoms with van der Waals surface area (Å²) in [7, 11) is 0. The molecule has 0 saturated heterocycles. The fraction of sp³-hybridized carbons (Fsp3) is 0.200. The molecule has 0 heterocycles. The lowest BCUT2D eigenvalue weighted by atomic mass is 9.92. The van der Waals surface area contributed by atoms with E-state index in [1.54, 1.807) is 12.1 Å². The molecule has 19 heavy (non-hydrogen) atoms. The molecule has 0 bridgehead atoms. The van der Waals surface area contributed by atoms with Crippen molar-refractivity contribution >= 4 is 0 Å². The van der Waals surface area contributed by atoms with Gasteiger partial charge in [-0.1, -0.05) is 18.2 Å². The molecule has 0 aliphatic carbocycles. The molecule has 0 spiro atoms. The van der Waals surface area contributed by atoms with E-state index in [-0.39, 0.29) is 11.7 Å². The Labute approximate surface area is 109 Å². The minimum atomic E-state index is -0.604. The third kappa shape index (κ3) is 3.35. The van der Waals surface area contributed by atoms with E-state index in [1.165, 1.54) is 24.3 Å². The fourth-order valence-electron chi connectivity index (χ4n) is 2.02. The van der Waals surface area contributed by atoms with Crippen molar-refractivity contribution in [3.8, 4) is 0 Å². The molecule has 100 valence electrons. The Balaban J connectivity index is 2.21. The molecule has 4 heteroatoms. The van der Waals surface area contributed by atoms with Crippen molar-refractivity contribution in [3.63, 3.8) is 0 Å². The van der Waals surface area contributed by atoms with E-state index in [9.17, 15) is 13.2 Å². The lowest BCUT2D eigenvalue weighted by Gasteiger charge is -2.15. The normalized spacial score (nSPS) is 12.4. The molecule has 1 atom stereocenters. The van der Waals surface area contributed by atoms with Crippen LogP contribution >= 0.6 is 0 Å². The van der Waals surface area contributed by atoms with Crippen molar-refractivity contribution in [1.82, 2.24) is 0 Å². The first-order chi connectivity index (χ1) is 9.10. The van der Waals surface area contributed by atoms with Gasteiger partial charge in [-0.25, -0.2) is 13.2 Å². The minimum absolute atomic E-state index is 0.124. The Morgan fingerprint density at radius 2 is 1.53 bits per heavy atom. The van der Waals surface area contributed by atoms with Crippen molar-refractivity contribution in [2.75, 3.05) is 6.54 Å². The van der Waals surface area contributed by atoms with Crippen LogP contribution in [0, 0.1) is 17.5 Å². The van der Waals surface area contributed by atoms with Crippen molar-refractivity contribution < 1.29 is 13.2 Å². The average molecular weight is 265 g/mol. The van der Waals surface area contributed by atoms with Crippen LogP contribution in [0.3, 0.4) is 0 Å². The van der Waals surface area contributed by atoms with Gasteiger partial charge in [-0.15, -0.1) is 0 Å². The Kier molecular flexibility index (Phi) is 4.22. The van der Waals surface area contributed by atoms with Crippen LogP contribution in [0.2, 0.25) is 0 Å². The summed E-state index contributed by atoms with van der Waals surface area (Å²) in [5, 5.41) is 0. The highest BCUT2D eigenvalue weighted by Gasteiger charge is 2.13. The fourth-order valence-corrected chi connectivity index (χ4v) is 2.02. The maximum atomic E-state index is 13.6. The number of hydrogen-bond donors (Lipinski definition) is 1. The molecule has 2 aromatic rings. The first-order valence-electron chi connectivity index (χ1n) is 5.99. The molecule has 2 N–H and O–H groups in total. The van der Waals surface area contributed by atoms with Crippen LogP contribution in [-0.2, 0) is 6.42 Å². The Hall–Kier alpha value is -1.81. The molecule has 0 fully saturated rings. The Morgan fingerprint density at radius 1 is 0.895 bits per heavy atom. The second-order valence-corrected chi connectivity index (χ2v) is 4.42. The van der Waals surface area contributed by atoms with Gasteiger partial charge in [-0.05, 0) is 42.3 Å². The van der Waals surface area contributed by atoms with Crippen molar-refractivity contribution in [2.24, 2.45) is 5.73 Å².